The minimum atomic E-state index is 0. The number of pyridine rings is 1. The molecular weight excluding hydrogens is 655 g/mol. The van der Waals surface area contributed by atoms with E-state index in [1.807, 2.05) is 66.9 Å². The van der Waals surface area contributed by atoms with Crippen molar-refractivity contribution in [1.29, 1.82) is 5.26 Å². The van der Waals surface area contributed by atoms with Crippen LogP contribution >= 0.6 is 0 Å². The molecule has 0 N–H and O–H groups in total. The van der Waals surface area contributed by atoms with Gasteiger partial charge in [-0.25, -0.2) is 9.83 Å². The summed E-state index contributed by atoms with van der Waals surface area (Å²) in [5.74, 6) is 1.42. The molecule has 0 spiro atoms. The SMILES string of the molecule is [C-]#[N+]c1cc2c3cc(C#N)ccc3n(-c3ccccn3)c2[c-]c1Oc1[c-]c(-n2nc(C)cc2C)ccc1.[Pt+2]. The Hall–Kier alpha value is -4.71. The van der Waals surface area contributed by atoms with E-state index in [9.17, 15) is 5.26 Å². The number of hydrogen-bond acceptors (Lipinski definition) is 4. The van der Waals surface area contributed by atoms with E-state index in [4.69, 9.17) is 11.3 Å². The van der Waals surface area contributed by atoms with Gasteiger partial charge >= 0.3 is 21.1 Å². The average molecular weight is 674 g/mol. The van der Waals surface area contributed by atoms with Crippen LogP contribution in [-0.4, -0.2) is 19.3 Å². The summed E-state index contributed by atoms with van der Waals surface area (Å²) in [5, 5.41) is 15.6. The van der Waals surface area contributed by atoms with Crippen LogP contribution in [-0.2, 0) is 21.1 Å². The minimum Gasteiger partial charge on any atom is -0.501 e. The molecule has 8 heteroatoms. The van der Waals surface area contributed by atoms with Crippen molar-refractivity contribution in [2.75, 3.05) is 0 Å². The first-order valence-electron chi connectivity index (χ1n) is 11.5. The van der Waals surface area contributed by atoms with Crippen molar-refractivity contribution in [3.63, 3.8) is 0 Å². The molecular formula is C30H18N6OPt. The molecule has 3 heterocycles. The number of aryl methyl sites for hydroxylation is 2. The molecule has 0 bridgehead atoms. The van der Waals surface area contributed by atoms with Crippen LogP contribution in [0.1, 0.15) is 17.0 Å². The van der Waals surface area contributed by atoms with E-state index in [-0.39, 0.29) is 26.8 Å². The Balaban J connectivity index is 0.00000294. The quantitative estimate of drug-likeness (QED) is 0.193. The maximum Gasteiger partial charge on any atom is 2.00 e. The predicted molar refractivity (Wildman–Crippen MR) is 140 cm³/mol. The number of rotatable bonds is 4. The van der Waals surface area contributed by atoms with Crippen LogP contribution in [0.3, 0.4) is 0 Å². The Bertz CT molecular complexity index is 1910. The molecule has 0 unspecified atom stereocenters. The van der Waals surface area contributed by atoms with Gasteiger partial charge in [-0.2, -0.15) is 16.4 Å². The number of benzene rings is 3. The number of ether oxygens (including phenoxy) is 1. The second-order valence-electron chi connectivity index (χ2n) is 8.57. The van der Waals surface area contributed by atoms with Crippen molar-refractivity contribution in [3.8, 4) is 29.1 Å². The van der Waals surface area contributed by atoms with E-state index in [0.717, 1.165) is 33.4 Å². The first-order valence-corrected chi connectivity index (χ1v) is 11.5. The monoisotopic (exact) mass is 673 g/mol. The van der Waals surface area contributed by atoms with Crippen molar-refractivity contribution in [2.24, 2.45) is 0 Å². The van der Waals surface area contributed by atoms with Crippen LogP contribution in [0.5, 0.6) is 11.5 Å². The molecule has 0 saturated carbocycles. The molecule has 3 aromatic heterocycles. The van der Waals surface area contributed by atoms with Crippen LogP contribution in [0.2, 0.25) is 0 Å². The fourth-order valence-corrected chi connectivity index (χ4v) is 4.51. The average Bonchev–Trinajstić information content (AvgIpc) is 3.43. The van der Waals surface area contributed by atoms with Crippen molar-refractivity contribution in [2.45, 2.75) is 13.8 Å². The summed E-state index contributed by atoms with van der Waals surface area (Å²) in [6.45, 7) is 11.7. The van der Waals surface area contributed by atoms with Gasteiger partial charge in [-0.1, -0.05) is 23.0 Å². The van der Waals surface area contributed by atoms with Gasteiger partial charge in [0.15, 0.2) is 0 Å². The third-order valence-corrected chi connectivity index (χ3v) is 6.08. The molecule has 7 nitrogen and oxygen atoms in total. The van der Waals surface area contributed by atoms with Crippen molar-refractivity contribution < 1.29 is 25.8 Å². The Morgan fingerprint density at radius 1 is 1.00 bits per heavy atom. The third-order valence-electron chi connectivity index (χ3n) is 6.08. The molecule has 0 atom stereocenters. The predicted octanol–water partition coefficient (Wildman–Crippen LogP) is 6.79. The maximum atomic E-state index is 9.47. The minimum absolute atomic E-state index is 0. The summed E-state index contributed by atoms with van der Waals surface area (Å²) in [4.78, 5) is 8.26. The van der Waals surface area contributed by atoms with Crippen LogP contribution in [0, 0.1) is 43.9 Å². The van der Waals surface area contributed by atoms with E-state index in [1.54, 1.807) is 29.1 Å². The summed E-state index contributed by atoms with van der Waals surface area (Å²) in [6.07, 6.45) is 1.72. The molecule has 0 aliphatic rings. The second-order valence-corrected chi connectivity index (χ2v) is 8.57. The molecule has 6 rings (SSSR count). The summed E-state index contributed by atoms with van der Waals surface area (Å²) in [5.41, 5.74) is 5.02. The normalized spacial score (nSPS) is 10.6. The number of hydrogen-bond donors (Lipinski definition) is 0. The molecule has 0 amide bonds. The Labute approximate surface area is 233 Å². The van der Waals surface area contributed by atoms with Crippen LogP contribution in [0.25, 0.3) is 38.2 Å². The van der Waals surface area contributed by atoms with E-state index in [2.05, 4.69) is 33.1 Å². The van der Waals surface area contributed by atoms with Crippen molar-refractivity contribution in [3.05, 3.63) is 113 Å². The number of nitriles is 1. The Morgan fingerprint density at radius 2 is 1.87 bits per heavy atom. The first kappa shape index (κ1) is 25.0. The summed E-state index contributed by atoms with van der Waals surface area (Å²) < 4.78 is 9.96. The molecule has 0 aliphatic carbocycles. The standard InChI is InChI=1S/C30H18N6O.Pt/c1-19-13-20(2)36(34-19)22-7-6-8-23(15-22)37-29-17-28-25(16-26(29)32-3)24-14-21(18-31)10-11-27(24)35(28)30-9-4-5-12-33-30;/h4-14,16H,1-2H3;/q-2;+2. The molecule has 6 aromatic rings. The van der Waals surface area contributed by atoms with Gasteiger partial charge in [-0.05, 0) is 61.3 Å². The van der Waals surface area contributed by atoms with Gasteiger partial charge in [0.2, 0.25) is 5.69 Å². The number of aromatic nitrogens is 4. The molecule has 38 heavy (non-hydrogen) atoms. The second kappa shape index (κ2) is 9.98. The van der Waals surface area contributed by atoms with Gasteiger partial charge in [0, 0.05) is 23.2 Å². The zero-order chi connectivity index (χ0) is 25.5. The van der Waals surface area contributed by atoms with Crippen LogP contribution in [0.15, 0.2) is 72.9 Å². The van der Waals surface area contributed by atoms with Gasteiger partial charge in [0.1, 0.15) is 18.1 Å². The van der Waals surface area contributed by atoms with Gasteiger partial charge in [0.25, 0.3) is 0 Å². The van der Waals surface area contributed by atoms with Crippen molar-refractivity contribution >= 4 is 27.5 Å². The maximum absolute atomic E-state index is 9.47. The molecule has 184 valence electrons. The van der Waals surface area contributed by atoms with Gasteiger partial charge in [0.05, 0.1) is 17.3 Å². The Kier molecular flexibility index (Phi) is 6.55. The molecule has 0 radical (unpaired) electrons. The fourth-order valence-electron chi connectivity index (χ4n) is 4.51. The molecule has 0 saturated heterocycles. The molecule has 0 fully saturated rings. The van der Waals surface area contributed by atoms with Crippen molar-refractivity contribution in [1.82, 2.24) is 19.3 Å². The van der Waals surface area contributed by atoms with Gasteiger partial charge in [-0.15, -0.1) is 24.3 Å². The summed E-state index contributed by atoms with van der Waals surface area (Å²) in [6, 6.07) is 29.3. The summed E-state index contributed by atoms with van der Waals surface area (Å²) >= 11 is 0. The van der Waals surface area contributed by atoms with Crippen LogP contribution in [0.4, 0.5) is 5.69 Å². The van der Waals surface area contributed by atoms with E-state index < -0.39 is 0 Å². The largest absolute Gasteiger partial charge is 2.00 e. The zero-order valence-corrected chi connectivity index (χ0v) is 22.6. The molecule has 3 aromatic carbocycles. The van der Waals surface area contributed by atoms with E-state index in [0.29, 0.717) is 28.3 Å². The molecule has 0 aliphatic heterocycles. The third kappa shape index (κ3) is 4.24. The van der Waals surface area contributed by atoms with Crippen LogP contribution < -0.4 is 4.74 Å². The Morgan fingerprint density at radius 3 is 2.58 bits per heavy atom. The van der Waals surface area contributed by atoms with E-state index in [1.165, 1.54) is 0 Å². The number of fused-ring (bicyclic) bond motifs is 3. The van der Waals surface area contributed by atoms with Gasteiger partial charge in [-0.3, -0.25) is 4.68 Å². The smallest absolute Gasteiger partial charge is 0.501 e. The topological polar surface area (TPSA) is 73.0 Å². The first-order chi connectivity index (χ1) is 18.1. The fraction of sp³-hybridized carbons (Fsp3) is 0.0667. The summed E-state index contributed by atoms with van der Waals surface area (Å²) in [7, 11) is 0. The van der Waals surface area contributed by atoms with E-state index >= 15 is 0 Å². The number of nitrogens with zero attached hydrogens (tertiary/aromatic N) is 6. The zero-order valence-electron chi connectivity index (χ0n) is 20.3. The van der Waals surface area contributed by atoms with Gasteiger partial charge < -0.3 is 9.30 Å².